The third-order valence-corrected chi connectivity index (χ3v) is 1.94. The molecule has 1 aliphatic heterocycles. The largest absolute Gasteiger partial charge is 0.316 e. The molecule has 1 saturated heterocycles. The molecule has 1 nitrogen and oxygen atoms in total. The molecule has 10 heavy (non-hydrogen) atoms. The summed E-state index contributed by atoms with van der Waals surface area (Å²) in [4.78, 5) is 0. The molecule has 0 radical (unpaired) electrons. The quantitative estimate of drug-likeness (QED) is 0.597. The molecule has 0 aromatic rings. The van der Waals surface area contributed by atoms with Crippen LogP contribution in [-0.4, -0.2) is 19.5 Å². The van der Waals surface area contributed by atoms with Crippen LogP contribution in [0.2, 0.25) is 0 Å². The summed E-state index contributed by atoms with van der Waals surface area (Å²) in [5.41, 5.74) is 0. The normalized spacial score (nSPS) is 28.5. The minimum absolute atomic E-state index is 0.400. The van der Waals surface area contributed by atoms with Crippen molar-refractivity contribution >= 4 is 0 Å². The SMILES string of the molecule is FC(F)C1CCCCNC1. The van der Waals surface area contributed by atoms with Crippen molar-refractivity contribution in [2.24, 2.45) is 5.92 Å². The van der Waals surface area contributed by atoms with Gasteiger partial charge in [0.2, 0.25) is 6.43 Å². The van der Waals surface area contributed by atoms with Crippen LogP contribution in [0.5, 0.6) is 0 Å². The summed E-state index contributed by atoms with van der Waals surface area (Å²) < 4.78 is 24.1. The first-order valence-electron chi connectivity index (χ1n) is 3.79. The van der Waals surface area contributed by atoms with E-state index in [9.17, 15) is 8.78 Å². The molecule has 1 rings (SSSR count). The van der Waals surface area contributed by atoms with Crippen LogP contribution in [-0.2, 0) is 0 Å². The second-order valence-corrected chi connectivity index (χ2v) is 2.79. The molecule has 0 saturated carbocycles. The van der Waals surface area contributed by atoms with Crippen LogP contribution in [0.25, 0.3) is 0 Å². The maximum Gasteiger partial charge on any atom is 0.242 e. The Hall–Kier alpha value is -0.180. The van der Waals surface area contributed by atoms with Crippen LogP contribution in [0.1, 0.15) is 19.3 Å². The number of hydrogen-bond donors (Lipinski definition) is 1. The second kappa shape index (κ2) is 3.86. The molecule has 0 aromatic heterocycles. The van der Waals surface area contributed by atoms with Crippen LogP contribution in [0.3, 0.4) is 0 Å². The molecule has 60 valence electrons. The van der Waals surface area contributed by atoms with Gasteiger partial charge in [0, 0.05) is 12.5 Å². The summed E-state index contributed by atoms with van der Waals surface area (Å²) in [5, 5.41) is 3.00. The van der Waals surface area contributed by atoms with E-state index in [4.69, 9.17) is 0 Å². The molecule has 0 spiro atoms. The van der Waals surface area contributed by atoms with Gasteiger partial charge in [-0.15, -0.1) is 0 Å². The third kappa shape index (κ3) is 2.21. The third-order valence-electron chi connectivity index (χ3n) is 1.94. The fourth-order valence-electron chi connectivity index (χ4n) is 1.26. The van der Waals surface area contributed by atoms with Crippen molar-refractivity contribution < 1.29 is 8.78 Å². The van der Waals surface area contributed by atoms with Crippen LogP contribution >= 0.6 is 0 Å². The number of halogens is 2. The van der Waals surface area contributed by atoms with Gasteiger partial charge in [-0.25, -0.2) is 8.78 Å². The zero-order chi connectivity index (χ0) is 7.40. The molecule has 1 N–H and O–H groups in total. The zero-order valence-corrected chi connectivity index (χ0v) is 5.95. The van der Waals surface area contributed by atoms with Crippen molar-refractivity contribution in [1.82, 2.24) is 5.32 Å². The molecule has 0 amide bonds. The predicted molar refractivity (Wildman–Crippen MR) is 36.2 cm³/mol. The first-order chi connectivity index (χ1) is 4.80. The van der Waals surface area contributed by atoms with Gasteiger partial charge in [-0.1, -0.05) is 6.42 Å². The fourth-order valence-corrected chi connectivity index (χ4v) is 1.26. The van der Waals surface area contributed by atoms with E-state index in [0.717, 1.165) is 19.4 Å². The Balaban J connectivity index is 2.28. The van der Waals surface area contributed by atoms with E-state index in [1.165, 1.54) is 0 Å². The average Bonchev–Trinajstić information content (AvgIpc) is 2.12. The van der Waals surface area contributed by atoms with E-state index in [-0.39, 0.29) is 0 Å². The van der Waals surface area contributed by atoms with Gasteiger partial charge in [-0.05, 0) is 19.4 Å². The Morgan fingerprint density at radius 2 is 2.10 bits per heavy atom. The van der Waals surface area contributed by atoms with Crippen molar-refractivity contribution in [2.75, 3.05) is 13.1 Å². The zero-order valence-electron chi connectivity index (χ0n) is 5.95. The molecule has 0 aliphatic carbocycles. The van der Waals surface area contributed by atoms with Gasteiger partial charge in [0.25, 0.3) is 0 Å². The summed E-state index contributed by atoms with van der Waals surface area (Å²) in [6.45, 7) is 1.40. The molecular formula is C7H13F2N. The minimum Gasteiger partial charge on any atom is -0.316 e. The minimum atomic E-state index is -2.13. The Morgan fingerprint density at radius 3 is 2.80 bits per heavy atom. The van der Waals surface area contributed by atoms with Gasteiger partial charge in [-0.3, -0.25) is 0 Å². The topological polar surface area (TPSA) is 12.0 Å². The van der Waals surface area contributed by atoms with Crippen molar-refractivity contribution in [3.63, 3.8) is 0 Å². The molecule has 3 heteroatoms. The summed E-state index contributed by atoms with van der Waals surface area (Å²) in [6, 6.07) is 0. The summed E-state index contributed by atoms with van der Waals surface area (Å²) >= 11 is 0. The van der Waals surface area contributed by atoms with E-state index in [2.05, 4.69) is 5.32 Å². The monoisotopic (exact) mass is 149 g/mol. The van der Waals surface area contributed by atoms with E-state index in [1.54, 1.807) is 0 Å². The van der Waals surface area contributed by atoms with Crippen molar-refractivity contribution in [3.8, 4) is 0 Å². The van der Waals surface area contributed by atoms with Gasteiger partial charge < -0.3 is 5.32 Å². The number of hydrogen-bond acceptors (Lipinski definition) is 1. The fraction of sp³-hybridized carbons (Fsp3) is 1.00. The van der Waals surface area contributed by atoms with Gasteiger partial charge in [0.15, 0.2) is 0 Å². The van der Waals surface area contributed by atoms with Crippen LogP contribution in [0.4, 0.5) is 8.78 Å². The van der Waals surface area contributed by atoms with Gasteiger partial charge in [-0.2, -0.15) is 0 Å². The standard InChI is InChI=1S/C7H13F2N/c8-7(9)6-3-1-2-4-10-5-6/h6-7,10H,1-5H2. The summed E-state index contributed by atoms with van der Waals surface area (Å²) in [7, 11) is 0. The Morgan fingerprint density at radius 1 is 1.30 bits per heavy atom. The van der Waals surface area contributed by atoms with Crippen LogP contribution in [0.15, 0.2) is 0 Å². The van der Waals surface area contributed by atoms with E-state index < -0.39 is 12.3 Å². The summed E-state index contributed by atoms with van der Waals surface area (Å²) in [6.07, 6.45) is 0.543. The second-order valence-electron chi connectivity index (χ2n) is 2.79. The molecule has 1 unspecified atom stereocenters. The highest BCUT2D eigenvalue weighted by Gasteiger charge is 2.20. The molecule has 1 atom stereocenters. The Bertz CT molecular complexity index is 87.6. The maximum absolute atomic E-state index is 12.1. The van der Waals surface area contributed by atoms with Gasteiger partial charge in [0.05, 0.1) is 0 Å². The molecule has 0 bridgehead atoms. The molecule has 0 aromatic carbocycles. The number of alkyl halides is 2. The van der Waals surface area contributed by atoms with Gasteiger partial charge in [0.1, 0.15) is 0 Å². The molecule has 1 fully saturated rings. The average molecular weight is 149 g/mol. The smallest absolute Gasteiger partial charge is 0.242 e. The van der Waals surface area contributed by atoms with Gasteiger partial charge >= 0.3 is 0 Å². The first kappa shape index (κ1) is 7.92. The van der Waals surface area contributed by atoms with Crippen molar-refractivity contribution in [3.05, 3.63) is 0 Å². The lowest BCUT2D eigenvalue weighted by Crippen LogP contribution is -2.25. The van der Waals surface area contributed by atoms with E-state index >= 15 is 0 Å². The highest BCUT2D eigenvalue weighted by molar-refractivity contribution is 4.68. The molecule has 1 heterocycles. The molecule has 1 aliphatic rings. The Kier molecular flexibility index (Phi) is 3.06. The van der Waals surface area contributed by atoms with E-state index in [0.29, 0.717) is 13.0 Å². The highest BCUT2D eigenvalue weighted by Crippen LogP contribution is 2.17. The number of rotatable bonds is 1. The maximum atomic E-state index is 12.1. The highest BCUT2D eigenvalue weighted by atomic mass is 19.3. The lowest BCUT2D eigenvalue weighted by atomic mass is 10.0. The van der Waals surface area contributed by atoms with Crippen molar-refractivity contribution in [1.29, 1.82) is 0 Å². The lowest BCUT2D eigenvalue weighted by Gasteiger charge is -2.11. The van der Waals surface area contributed by atoms with Crippen LogP contribution < -0.4 is 5.32 Å². The lowest BCUT2D eigenvalue weighted by molar-refractivity contribution is 0.0747. The van der Waals surface area contributed by atoms with Crippen molar-refractivity contribution in [2.45, 2.75) is 25.7 Å². The summed E-state index contributed by atoms with van der Waals surface area (Å²) in [5.74, 6) is -0.400. The van der Waals surface area contributed by atoms with E-state index in [1.807, 2.05) is 0 Å². The first-order valence-corrected chi connectivity index (χ1v) is 3.79. The number of nitrogens with one attached hydrogen (secondary N) is 1. The predicted octanol–water partition coefficient (Wildman–Crippen LogP) is 1.64. The Labute approximate surface area is 59.8 Å². The van der Waals surface area contributed by atoms with Crippen LogP contribution in [0, 0.1) is 5.92 Å². The molecular weight excluding hydrogens is 136 g/mol.